The van der Waals surface area contributed by atoms with Crippen LogP contribution in [0.2, 0.25) is 0 Å². The van der Waals surface area contributed by atoms with Crippen molar-refractivity contribution in [3.8, 4) is 12.3 Å². The topological polar surface area (TPSA) is 49.4 Å². The molecule has 1 aromatic heterocycles. The predicted octanol–water partition coefficient (Wildman–Crippen LogP) is 1.50. The van der Waals surface area contributed by atoms with Gasteiger partial charge in [-0.15, -0.1) is 17.8 Å². The van der Waals surface area contributed by atoms with Crippen molar-refractivity contribution >= 4 is 21.4 Å². The molecule has 0 aliphatic rings. The van der Waals surface area contributed by atoms with E-state index in [4.69, 9.17) is 6.42 Å². The van der Waals surface area contributed by atoms with E-state index in [0.717, 1.165) is 11.4 Å². The van der Waals surface area contributed by atoms with Crippen LogP contribution in [0.3, 0.4) is 0 Å². The number of sulfonamides is 1. The number of terminal acetylenes is 1. The summed E-state index contributed by atoms with van der Waals surface area (Å²) in [7, 11) is -3.44. The molecule has 0 fully saturated rings. The minimum Gasteiger partial charge on any atom is -0.312 e. The molecular weight excluding hydrogens is 268 g/mol. The maximum absolute atomic E-state index is 12.3. The SMILES string of the molecule is C#CCN(CC)S(=O)(=O)c1ccc(CNCC)s1. The molecule has 18 heavy (non-hydrogen) atoms. The zero-order chi connectivity index (χ0) is 13.6. The van der Waals surface area contributed by atoms with Crippen LogP contribution in [0, 0.1) is 12.3 Å². The third-order valence-electron chi connectivity index (χ3n) is 2.40. The van der Waals surface area contributed by atoms with Crippen LogP contribution in [-0.2, 0) is 16.6 Å². The molecule has 0 bridgehead atoms. The monoisotopic (exact) mass is 286 g/mol. The first-order chi connectivity index (χ1) is 8.56. The van der Waals surface area contributed by atoms with Gasteiger partial charge in [-0.3, -0.25) is 0 Å². The molecule has 0 aromatic carbocycles. The molecule has 0 radical (unpaired) electrons. The molecule has 0 saturated carbocycles. The molecule has 0 saturated heterocycles. The Hall–Kier alpha value is -0.870. The Bertz CT molecular complexity index is 514. The van der Waals surface area contributed by atoms with Crippen LogP contribution in [0.5, 0.6) is 0 Å². The normalized spacial score (nSPS) is 11.7. The zero-order valence-electron chi connectivity index (χ0n) is 10.6. The molecule has 6 heteroatoms. The van der Waals surface area contributed by atoms with Crippen LogP contribution in [0.4, 0.5) is 0 Å². The van der Waals surface area contributed by atoms with Crippen molar-refractivity contribution in [2.75, 3.05) is 19.6 Å². The van der Waals surface area contributed by atoms with E-state index in [1.807, 2.05) is 13.0 Å². The third kappa shape index (κ3) is 3.56. The number of hydrogen-bond donors (Lipinski definition) is 1. The Balaban J connectivity index is 2.91. The van der Waals surface area contributed by atoms with Crippen LogP contribution < -0.4 is 5.32 Å². The summed E-state index contributed by atoms with van der Waals surface area (Å²) >= 11 is 1.29. The molecule has 0 aliphatic heterocycles. The van der Waals surface area contributed by atoms with Gasteiger partial charge in [0.25, 0.3) is 10.0 Å². The standard InChI is InChI=1S/C12H18N2O2S2/c1-4-9-14(6-3)18(15,16)12-8-7-11(17-12)10-13-5-2/h1,7-8,13H,5-6,9-10H2,2-3H3. The smallest absolute Gasteiger partial charge is 0.253 e. The molecule has 4 nitrogen and oxygen atoms in total. The second-order valence-corrected chi connectivity index (χ2v) is 6.97. The fraction of sp³-hybridized carbons (Fsp3) is 0.500. The fourth-order valence-electron chi connectivity index (χ4n) is 1.44. The Morgan fingerprint density at radius 3 is 2.72 bits per heavy atom. The van der Waals surface area contributed by atoms with Crippen LogP contribution in [-0.4, -0.2) is 32.4 Å². The summed E-state index contributed by atoms with van der Waals surface area (Å²) in [5, 5.41) is 3.17. The third-order valence-corrected chi connectivity index (χ3v) is 5.87. The van der Waals surface area contributed by atoms with Crippen molar-refractivity contribution in [1.29, 1.82) is 0 Å². The van der Waals surface area contributed by atoms with E-state index in [1.54, 1.807) is 13.0 Å². The summed E-state index contributed by atoms with van der Waals surface area (Å²) in [5.41, 5.74) is 0. The van der Waals surface area contributed by atoms with E-state index in [-0.39, 0.29) is 6.54 Å². The Morgan fingerprint density at radius 1 is 1.44 bits per heavy atom. The van der Waals surface area contributed by atoms with Gasteiger partial charge in [0.1, 0.15) is 4.21 Å². The number of nitrogens with zero attached hydrogens (tertiary/aromatic N) is 1. The second-order valence-electron chi connectivity index (χ2n) is 3.64. The maximum Gasteiger partial charge on any atom is 0.253 e. The first kappa shape index (κ1) is 15.2. The number of rotatable bonds is 7. The molecule has 0 amide bonds. The number of thiophene rings is 1. The first-order valence-electron chi connectivity index (χ1n) is 5.79. The van der Waals surface area contributed by atoms with Crippen LogP contribution in [0.15, 0.2) is 16.3 Å². The molecule has 1 N–H and O–H groups in total. The van der Waals surface area contributed by atoms with E-state index in [9.17, 15) is 8.42 Å². The van der Waals surface area contributed by atoms with Gasteiger partial charge in [-0.25, -0.2) is 8.42 Å². The highest BCUT2D eigenvalue weighted by atomic mass is 32.2. The lowest BCUT2D eigenvalue weighted by Gasteiger charge is -2.16. The largest absolute Gasteiger partial charge is 0.312 e. The van der Waals surface area contributed by atoms with Gasteiger partial charge < -0.3 is 5.32 Å². The number of nitrogens with one attached hydrogen (secondary N) is 1. The van der Waals surface area contributed by atoms with Gasteiger partial charge in [-0.1, -0.05) is 19.8 Å². The van der Waals surface area contributed by atoms with E-state index in [0.29, 0.717) is 17.3 Å². The quantitative estimate of drug-likeness (QED) is 0.773. The lowest BCUT2D eigenvalue weighted by Crippen LogP contribution is -2.30. The van der Waals surface area contributed by atoms with Gasteiger partial charge in [0, 0.05) is 18.0 Å². The van der Waals surface area contributed by atoms with E-state index >= 15 is 0 Å². The van der Waals surface area contributed by atoms with Crippen molar-refractivity contribution in [3.63, 3.8) is 0 Å². The fourth-order valence-corrected chi connectivity index (χ4v) is 4.28. The number of hydrogen-bond acceptors (Lipinski definition) is 4. The van der Waals surface area contributed by atoms with E-state index in [2.05, 4.69) is 11.2 Å². The highest BCUT2D eigenvalue weighted by Crippen LogP contribution is 2.24. The summed E-state index contributed by atoms with van der Waals surface area (Å²) in [6, 6.07) is 3.48. The van der Waals surface area contributed by atoms with Crippen LogP contribution in [0.25, 0.3) is 0 Å². The summed E-state index contributed by atoms with van der Waals surface area (Å²) in [4.78, 5) is 1.01. The summed E-state index contributed by atoms with van der Waals surface area (Å²) < 4.78 is 26.2. The molecule has 1 rings (SSSR count). The Morgan fingerprint density at radius 2 is 2.17 bits per heavy atom. The van der Waals surface area contributed by atoms with Crippen molar-refractivity contribution in [2.45, 2.75) is 24.6 Å². The van der Waals surface area contributed by atoms with Gasteiger partial charge in [-0.05, 0) is 18.7 Å². The Labute approximate surface area is 113 Å². The van der Waals surface area contributed by atoms with Crippen LogP contribution >= 0.6 is 11.3 Å². The zero-order valence-corrected chi connectivity index (χ0v) is 12.3. The summed E-state index contributed by atoms with van der Waals surface area (Å²) in [5.74, 6) is 2.37. The molecule has 0 aliphatic carbocycles. The average Bonchev–Trinajstić information content (AvgIpc) is 2.82. The highest BCUT2D eigenvalue weighted by Gasteiger charge is 2.23. The van der Waals surface area contributed by atoms with Gasteiger partial charge in [0.2, 0.25) is 0 Å². The lowest BCUT2D eigenvalue weighted by atomic mass is 10.4. The van der Waals surface area contributed by atoms with Gasteiger partial charge in [0.15, 0.2) is 0 Å². The molecule has 0 spiro atoms. The average molecular weight is 286 g/mol. The first-order valence-corrected chi connectivity index (χ1v) is 8.05. The summed E-state index contributed by atoms with van der Waals surface area (Å²) in [6.45, 7) is 5.83. The molecular formula is C12H18N2O2S2. The molecule has 1 aromatic rings. The minimum atomic E-state index is -3.44. The summed E-state index contributed by atoms with van der Waals surface area (Å²) in [6.07, 6.45) is 5.19. The van der Waals surface area contributed by atoms with Crippen molar-refractivity contribution in [2.24, 2.45) is 0 Å². The second kappa shape index (κ2) is 6.90. The molecule has 1 heterocycles. The van der Waals surface area contributed by atoms with E-state index < -0.39 is 10.0 Å². The Kier molecular flexibility index (Phi) is 5.82. The van der Waals surface area contributed by atoms with Crippen molar-refractivity contribution < 1.29 is 8.42 Å². The van der Waals surface area contributed by atoms with Gasteiger partial charge in [-0.2, -0.15) is 4.31 Å². The van der Waals surface area contributed by atoms with Crippen molar-refractivity contribution in [3.05, 3.63) is 17.0 Å². The molecule has 0 atom stereocenters. The predicted molar refractivity (Wildman–Crippen MR) is 75.0 cm³/mol. The van der Waals surface area contributed by atoms with Crippen molar-refractivity contribution in [1.82, 2.24) is 9.62 Å². The van der Waals surface area contributed by atoms with Gasteiger partial charge in [0.05, 0.1) is 6.54 Å². The highest BCUT2D eigenvalue weighted by molar-refractivity contribution is 7.91. The van der Waals surface area contributed by atoms with Crippen LogP contribution in [0.1, 0.15) is 18.7 Å². The lowest BCUT2D eigenvalue weighted by molar-refractivity contribution is 0.466. The van der Waals surface area contributed by atoms with E-state index in [1.165, 1.54) is 15.6 Å². The minimum absolute atomic E-state index is 0.110. The molecule has 100 valence electrons. The maximum atomic E-state index is 12.3. The molecule has 0 unspecified atom stereocenters. The van der Waals surface area contributed by atoms with Gasteiger partial charge >= 0.3 is 0 Å².